The van der Waals surface area contributed by atoms with E-state index in [2.05, 4.69) is 10.6 Å². The number of carbonyl (C=O) groups is 2. The smallest absolute Gasteiger partial charge is 0.408 e. The van der Waals surface area contributed by atoms with Crippen molar-refractivity contribution < 1.29 is 23.8 Å². The average Bonchev–Trinajstić information content (AvgIpc) is 3.35. The lowest BCUT2D eigenvalue weighted by Crippen LogP contribution is -2.37. The maximum atomic E-state index is 14.0. The molecule has 0 aliphatic rings. The third-order valence-electron chi connectivity index (χ3n) is 5.67. The van der Waals surface area contributed by atoms with Crippen LogP contribution in [0.1, 0.15) is 62.3 Å². The molecule has 1 atom stereocenters. The van der Waals surface area contributed by atoms with E-state index in [1.807, 2.05) is 25.1 Å². The molecule has 0 aliphatic heterocycles. The van der Waals surface area contributed by atoms with Crippen molar-refractivity contribution >= 4 is 28.7 Å². The number of hydrogen-bond acceptors (Lipinski definition) is 7. The Bertz CT molecular complexity index is 1520. The number of benzene rings is 2. The van der Waals surface area contributed by atoms with Crippen LogP contribution in [-0.4, -0.2) is 32.3 Å². The highest BCUT2D eigenvalue weighted by atomic mass is 16.6. The van der Waals surface area contributed by atoms with Crippen LogP contribution in [-0.2, 0) is 11.3 Å². The van der Waals surface area contributed by atoms with Gasteiger partial charge in [0.2, 0.25) is 5.76 Å². The minimum absolute atomic E-state index is 0.163. The SMILES string of the molecule is CCC(NC(=O)OC(C)(C)C)c1nc2cccc(NCc3ccc(C(=O)O)o3)c2c(=O)n1-c1ccccc1. The van der Waals surface area contributed by atoms with Crippen LogP contribution in [0.15, 0.2) is 69.9 Å². The highest BCUT2D eigenvalue weighted by Gasteiger charge is 2.25. The largest absolute Gasteiger partial charge is 0.475 e. The zero-order chi connectivity index (χ0) is 27.4. The first-order valence-electron chi connectivity index (χ1n) is 12.2. The summed E-state index contributed by atoms with van der Waals surface area (Å²) in [5.41, 5.74) is 0.542. The van der Waals surface area contributed by atoms with Gasteiger partial charge in [0.05, 0.1) is 29.2 Å². The van der Waals surface area contributed by atoms with E-state index in [0.717, 1.165) is 0 Å². The molecule has 0 bridgehead atoms. The van der Waals surface area contributed by atoms with Crippen molar-refractivity contribution in [1.29, 1.82) is 0 Å². The number of carboxylic acids is 1. The molecule has 0 aliphatic carbocycles. The molecule has 3 N–H and O–H groups in total. The van der Waals surface area contributed by atoms with E-state index in [0.29, 0.717) is 40.3 Å². The van der Waals surface area contributed by atoms with E-state index >= 15 is 0 Å². The van der Waals surface area contributed by atoms with Gasteiger partial charge >= 0.3 is 12.1 Å². The number of ether oxygens (including phenoxy) is 1. The summed E-state index contributed by atoms with van der Waals surface area (Å²) in [4.78, 5) is 42.6. The lowest BCUT2D eigenvalue weighted by Gasteiger charge is -2.25. The standard InChI is InChI=1S/C28H30N4O6/c1-5-19(31-27(36)38-28(2,3)4)24-30-21-13-9-12-20(29-16-18-14-15-22(37-18)26(34)35)23(21)25(33)32(24)17-10-7-6-8-11-17/h6-15,19,29H,5,16H2,1-4H3,(H,31,36)(H,34,35). The summed E-state index contributed by atoms with van der Waals surface area (Å²) in [7, 11) is 0. The van der Waals surface area contributed by atoms with Crippen LogP contribution in [0.2, 0.25) is 0 Å². The molecule has 10 heteroatoms. The molecule has 0 saturated carbocycles. The Morgan fingerprint density at radius 3 is 2.45 bits per heavy atom. The van der Waals surface area contributed by atoms with Crippen molar-refractivity contribution in [1.82, 2.24) is 14.9 Å². The molecule has 0 fully saturated rings. The van der Waals surface area contributed by atoms with Crippen LogP contribution >= 0.6 is 0 Å². The summed E-state index contributed by atoms with van der Waals surface area (Å²) >= 11 is 0. The Kier molecular flexibility index (Phi) is 7.52. The molecule has 38 heavy (non-hydrogen) atoms. The number of carbonyl (C=O) groups excluding carboxylic acids is 1. The van der Waals surface area contributed by atoms with Crippen molar-refractivity contribution in [2.45, 2.75) is 52.3 Å². The first kappa shape index (κ1) is 26.5. The van der Waals surface area contributed by atoms with Crippen LogP contribution in [0.3, 0.4) is 0 Å². The number of fused-ring (bicyclic) bond motifs is 1. The summed E-state index contributed by atoms with van der Waals surface area (Å²) in [6.07, 6.45) is -0.139. The molecular weight excluding hydrogens is 488 g/mol. The number of anilines is 1. The van der Waals surface area contributed by atoms with E-state index in [1.54, 1.807) is 57.2 Å². The number of aromatic carboxylic acids is 1. The Morgan fingerprint density at radius 2 is 1.82 bits per heavy atom. The molecule has 2 aromatic heterocycles. The summed E-state index contributed by atoms with van der Waals surface area (Å²) in [5, 5.41) is 15.5. The van der Waals surface area contributed by atoms with Gasteiger partial charge in [-0.3, -0.25) is 9.36 Å². The monoisotopic (exact) mass is 518 g/mol. The van der Waals surface area contributed by atoms with Gasteiger partial charge in [-0.15, -0.1) is 0 Å². The highest BCUT2D eigenvalue weighted by Crippen LogP contribution is 2.25. The van der Waals surface area contributed by atoms with Crippen molar-refractivity contribution in [2.75, 3.05) is 5.32 Å². The summed E-state index contributed by atoms with van der Waals surface area (Å²) in [6, 6.07) is 16.7. The second-order valence-corrected chi connectivity index (χ2v) is 9.68. The first-order valence-corrected chi connectivity index (χ1v) is 12.2. The van der Waals surface area contributed by atoms with Crippen LogP contribution in [0.25, 0.3) is 16.6 Å². The molecule has 10 nitrogen and oxygen atoms in total. The normalized spacial score (nSPS) is 12.2. The van der Waals surface area contributed by atoms with Gasteiger partial charge in [0.25, 0.3) is 5.56 Å². The number of para-hydroxylation sites is 1. The second-order valence-electron chi connectivity index (χ2n) is 9.68. The van der Waals surface area contributed by atoms with Crippen molar-refractivity contribution in [3.05, 3.63) is 88.4 Å². The second kappa shape index (κ2) is 10.8. The summed E-state index contributed by atoms with van der Waals surface area (Å²) < 4.78 is 12.3. The molecule has 0 saturated heterocycles. The van der Waals surface area contributed by atoms with Gasteiger partial charge in [0.1, 0.15) is 17.2 Å². The van der Waals surface area contributed by atoms with Gasteiger partial charge < -0.3 is 24.9 Å². The number of amides is 1. The molecule has 0 radical (unpaired) electrons. The topological polar surface area (TPSA) is 136 Å². The van der Waals surface area contributed by atoms with Gasteiger partial charge in [-0.1, -0.05) is 31.2 Å². The number of furan rings is 1. The van der Waals surface area contributed by atoms with Gasteiger partial charge in [-0.2, -0.15) is 0 Å². The molecule has 4 aromatic rings. The lowest BCUT2D eigenvalue weighted by atomic mass is 10.1. The molecule has 198 valence electrons. The summed E-state index contributed by atoms with van der Waals surface area (Å²) in [6.45, 7) is 7.39. The number of aromatic nitrogens is 2. The minimum atomic E-state index is -1.16. The molecule has 2 heterocycles. The zero-order valence-electron chi connectivity index (χ0n) is 21.6. The predicted octanol–water partition coefficient (Wildman–Crippen LogP) is 5.26. The Labute approximate surface area is 219 Å². The molecule has 2 aromatic carbocycles. The number of alkyl carbamates (subject to hydrolysis) is 1. The first-order chi connectivity index (χ1) is 18.1. The minimum Gasteiger partial charge on any atom is -0.475 e. The molecular formula is C28H30N4O6. The fraction of sp³-hybridized carbons (Fsp3) is 0.286. The maximum Gasteiger partial charge on any atom is 0.408 e. The molecule has 1 unspecified atom stereocenters. The van der Waals surface area contributed by atoms with E-state index in [-0.39, 0.29) is 17.9 Å². The van der Waals surface area contributed by atoms with E-state index in [1.165, 1.54) is 10.6 Å². The van der Waals surface area contributed by atoms with Crippen molar-refractivity contribution in [3.63, 3.8) is 0 Å². The Hall–Kier alpha value is -4.60. The van der Waals surface area contributed by atoms with Crippen molar-refractivity contribution in [3.8, 4) is 5.69 Å². The molecule has 1 amide bonds. The zero-order valence-corrected chi connectivity index (χ0v) is 21.6. The Morgan fingerprint density at radius 1 is 1.08 bits per heavy atom. The Balaban J connectivity index is 1.80. The van der Waals surface area contributed by atoms with E-state index < -0.39 is 23.7 Å². The quantitative estimate of drug-likeness (QED) is 0.287. The third-order valence-corrected chi connectivity index (χ3v) is 5.67. The fourth-order valence-electron chi connectivity index (χ4n) is 4.02. The van der Waals surface area contributed by atoms with Gasteiger partial charge in [-0.05, 0) is 63.6 Å². The fourth-order valence-corrected chi connectivity index (χ4v) is 4.02. The van der Waals surface area contributed by atoms with Gasteiger partial charge in [-0.25, -0.2) is 14.6 Å². The van der Waals surface area contributed by atoms with Gasteiger partial charge in [0.15, 0.2) is 0 Å². The highest BCUT2D eigenvalue weighted by molar-refractivity contribution is 5.91. The summed E-state index contributed by atoms with van der Waals surface area (Å²) in [5.74, 6) is -0.550. The number of rotatable bonds is 8. The van der Waals surface area contributed by atoms with Crippen molar-refractivity contribution in [2.24, 2.45) is 0 Å². The van der Waals surface area contributed by atoms with Crippen LogP contribution in [0, 0.1) is 0 Å². The number of carboxylic acid groups (broad SMARTS) is 1. The van der Waals surface area contributed by atoms with Crippen LogP contribution in [0.5, 0.6) is 0 Å². The van der Waals surface area contributed by atoms with Crippen LogP contribution < -0.4 is 16.2 Å². The average molecular weight is 519 g/mol. The van der Waals surface area contributed by atoms with Gasteiger partial charge in [0, 0.05) is 5.69 Å². The third kappa shape index (κ3) is 5.86. The predicted molar refractivity (Wildman–Crippen MR) is 143 cm³/mol. The van der Waals surface area contributed by atoms with E-state index in [9.17, 15) is 14.4 Å². The molecule has 4 rings (SSSR count). The maximum absolute atomic E-state index is 14.0. The van der Waals surface area contributed by atoms with Crippen LogP contribution in [0.4, 0.5) is 10.5 Å². The lowest BCUT2D eigenvalue weighted by molar-refractivity contribution is 0.0498. The number of nitrogens with one attached hydrogen (secondary N) is 2. The van der Waals surface area contributed by atoms with E-state index in [4.69, 9.17) is 19.2 Å². The number of nitrogens with zero attached hydrogens (tertiary/aromatic N) is 2. The number of hydrogen-bond donors (Lipinski definition) is 3. The molecule has 0 spiro atoms.